The van der Waals surface area contributed by atoms with Crippen LogP contribution in [0.2, 0.25) is 0 Å². The van der Waals surface area contributed by atoms with Crippen molar-refractivity contribution in [1.29, 1.82) is 0 Å². The second-order valence-electron chi connectivity index (χ2n) is 6.78. The van der Waals surface area contributed by atoms with Gasteiger partial charge in [0.25, 0.3) is 5.91 Å². The van der Waals surface area contributed by atoms with Crippen molar-refractivity contribution in [3.05, 3.63) is 23.2 Å². The highest BCUT2D eigenvalue weighted by molar-refractivity contribution is 7.53. The van der Waals surface area contributed by atoms with Crippen LogP contribution in [0.3, 0.4) is 0 Å². The standard InChI is InChI=1S/C18H32NO5P/c1-8-19(9-2)17(20)14-12-16(18(5,6)7)24-15(14)13-25(21,22-10-3)23-11-4/h12H,8-11,13H2,1-7H3. The van der Waals surface area contributed by atoms with E-state index in [0.717, 1.165) is 0 Å². The normalized spacial score (nSPS) is 12.4. The minimum Gasteiger partial charge on any atom is -0.464 e. The van der Waals surface area contributed by atoms with E-state index < -0.39 is 7.60 Å². The van der Waals surface area contributed by atoms with Crippen LogP contribution in [0.5, 0.6) is 0 Å². The van der Waals surface area contributed by atoms with Crippen molar-refractivity contribution < 1.29 is 22.8 Å². The van der Waals surface area contributed by atoms with Crippen molar-refractivity contribution in [3.8, 4) is 0 Å². The molecule has 0 unspecified atom stereocenters. The molecule has 0 radical (unpaired) electrons. The summed E-state index contributed by atoms with van der Waals surface area (Å²) in [6.45, 7) is 15.1. The van der Waals surface area contributed by atoms with Gasteiger partial charge >= 0.3 is 7.60 Å². The monoisotopic (exact) mass is 373 g/mol. The number of rotatable bonds is 9. The number of furan rings is 1. The van der Waals surface area contributed by atoms with Crippen molar-refractivity contribution in [2.75, 3.05) is 26.3 Å². The van der Waals surface area contributed by atoms with Crippen LogP contribution in [0, 0.1) is 0 Å². The predicted octanol–water partition coefficient (Wildman–Crippen LogP) is 4.83. The molecule has 1 amide bonds. The fourth-order valence-corrected chi connectivity index (χ4v) is 4.11. The summed E-state index contributed by atoms with van der Waals surface area (Å²) in [5.74, 6) is 0.920. The van der Waals surface area contributed by atoms with E-state index in [1.54, 1.807) is 24.8 Å². The topological polar surface area (TPSA) is 69.0 Å². The summed E-state index contributed by atoms with van der Waals surface area (Å²) < 4.78 is 29.6. The van der Waals surface area contributed by atoms with E-state index in [1.165, 1.54) is 0 Å². The van der Waals surface area contributed by atoms with Gasteiger partial charge < -0.3 is 18.4 Å². The average Bonchev–Trinajstić information content (AvgIpc) is 2.92. The number of carbonyl (C=O) groups is 1. The van der Waals surface area contributed by atoms with E-state index in [1.807, 2.05) is 34.6 Å². The highest BCUT2D eigenvalue weighted by atomic mass is 31.2. The molecule has 7 heteroatoms. The van der Waals surface area contributed by atoms with Crippen LogP contribution in [-0.2, 0) is 25.2 Å². The van der Waals surface area contributed by atoms with Crippen molar-refractivity contribution in [2.24, 2.45) is 0 Å². The third kappa shape index (κ3) is 5.70. The molecule has 0 aliphatic rings. The second kappa shape index (κ2) is 9.02. The number of carbonyl (C=O) groups excluding carboxylic acids is 1. The summed E-state index contributed by atoms with van der Waals surface area (Å²) in [7, 11) is -3.36. The van der Waals surface area contributed by atoms with Crippen molar-refractivity contribution >= 4 is 13.5 Å². The molecule has 0 spiro atoms. The molecule has 0 saturated heterocycles. The summed E-state index contributed by atoms with van der Waals surface area (Å²) in [6, 6.07) is 1.76. The van der Waals surface area contributed by atoms with E-state index in [9.17, 15) is 9.36 Å². The van der Waals surface area contributed by atoms with Crippen LogP contribution < -0.4 is 0 Å². The molecule has 1 rings (SSSR count). The first kappa shape index (κ1) is 21.9. The highest BCUT2D eigenvalue weighted by Gasteiger charge is 2.33. The maximum atomic E-state index is 12.9. The van der Waals surface area contributed by atoms with Gasteiger partial charge in [0.2, 0.25) is 0 Å². The predicted molar refractivity (Wildman–Crippen MR) is 99.2 cm³/mol. The lowest BCUT2D eigenvalue weighted by Gasteiger charge is -2.19. The van der Waals surface area contributed by atoms with E-state index >= 15 is 0 Å². The van der Waals surface area contributed by atoms with Gasteiger partial charge in [-0.15, -0.1) is 0 Å². The fourth-order valence-electron chi connectivity index (χ4n) is 2.48. The zero-order valence-corrected chi connectivity index (χ0v) is 17.4. The fraction of sp³-hybridized carbons (Fsp3) is 0.722. The maximum Gasteiger partial charge on any atom is 0.338 e. The Labute approximate surface area is 151 Å². The molecule has 0 saturated carbocycles. The first-order valence-electron chi connectivity index (χ1n) is 8.92. The van der Waals surface area contributed by atoms with Crippen LogP contribution >= 0.6 is 7.60 Å². The molecule has 0 N–H and O–H groups in total. The number of hydrogen-bond acceptors (Lipinski definition) is 5. The van der Waals surface area contributed by atoms with Crippen molar-refractivity contribution in [1.82, 2.24) is 4.90 Å². The van der Waals surface area contributed by atoms with Gasteiger partial charge in [-0.2, -0.15) is 0 Å². The summed E-state index contributed by atoms with van der Waals surface area (Å²) in [5.41, 5.74) is 0.172. The first-order valence-corrected chi connectivity index (χ1v) is 10.6. The minimum absolute atomic E-state index is 0.0485. The minimum atomic E-state index is -3.36. The summed E-state index contributed by atoms with van der Waals surface area (Å²) in [4.78, 5) is 14.6. The quantitative estimate of drug-likeness (QED) is 0.580. The smallest absolute Gasteiger partial charge is 0.338 e. The second-order valence-corrected chi connectivity index (χ2v) is 8.83. The SMILES string of the molecule is CCOP(=O)(Cc1oc(C(C)(C)C)cc1C(=O)N(CC)CC)OCC. The molecular formula is C18H32NO5P. The lowest BCUT2D eigenvalue weighted by atomic mass is 9.93. The lowest BCUT2D eigenvalue weighted by molar-refractivity contribution is 0.0771. The molecule has 144 valence electrons. The lowest BCUT2D eigenvalue weighted by Crippen LogP contribution is -2.30. The maximum absolute atomic E-state index is 12.9. The van der Waals surface area contributed by atoms with E-state index in [2.05, 4.69) is 0 Å². The zero-order chi connectivity index (χ0) is 19.3. The Morgan fingerprint density at radius 2 is 1.64 bits per heavy atom. The molecule has 0 aliphatic carbocycles. The molecule has 1 aromatic heterocycles. The van der Waals surface area contributed by atoms with Gasteiger partial charge in [-0.3, -0.25) is 9.36 Å². The van der Waals surface area contributed by atoms with Crippen LogP contribution in [0.4, 0.5) is 0 Å². The van der Waals surface area contributed by atoms with Gasteiger partial charge in [0.05, 0.1) is 18.8 Å². The molecule has 0 bridgehead atoms. The largest absolute Gasteiger partial charge is 0.464 e. The van der Waals surface area contributed by atoms with E-state index in [0.29, 0.717) is 30.2 Å². The zero-order valence-electron chi connectivity index (χ0n) is 16.5. The van der Waals surface area contributed by atoms with Crippen molar-refractivity contribution in [3.63, 3.8) is 0 Å². The van der Waals surface area contributed by atoms with Crippen LogP contribution in [0.15, 0.2) is 10.5 Å². The number of hydrogen-bond donors (Lipinski definition) is 0. The summed E-state index contributed by atoms with van der Waals surface area (Å²) in [5, 5.41) is 0. The van der Waals surface area contributed by atoms with Gasteiger partial charge in [0.1, 0.15) is 17.7 Å². The Balaban J connectivity index is 3.34. The van der Waals surface area contributed by atoms with Crippen molar-refractivity contribution in [2.45, 2.75) is 60.0 Å². The highest BCUT2D eigenvalue weighted by Crippen LogP contribution is 2.52. The Bertz CT molecular complexity index is 603. The van der Waals surface area contributed by atoms with E-state index in [-0.39, 0.29) is 30.7 Å². The van der Waals surface area contributed by atoms with Gasteiger partial charge in [-0.1, -0.05) is 20.8 Å². The molecule has 25 heavy (non-hydrogen) atoms. The molecule has 1 heterocycles. The van der Waals surface area contributed by atoms with Gasteiger partial charge in [0.15, 0.2) is 0 Å². The first-order chi connectivity index (χ1) is 11.6. The molecule has 0 fully saturated rings. The van der Waals surface area contributed by atoms with Crippen LogP contribution in [0.1, 0.15) is 70.3 Å². The Kier molecular flexibility index (Phi) is 7.91. The average molecular weight is 373 g/mol. The summed E-state index contributed by atoms with van der Waals surface area (Å²) in [6.07, 6.45) is -0.0485. The Hall–Kier alpha value is -1.10. The van der Waals surface area contributed by atoms with Crippen LogP contribution in [0.25, 0.3) is 0 Å². The molecule has 6 nitrogen and oxygen atoms in total. The third-order valence-electron chi connectivity index (χ3n) is 3.82. The summed E-state index contributed by atoms with van der Waals surface area (Å²) >= 11 is 0. The molecule has 1 aromatic rings. The van der Waals surface area contributed by atoms with Gasteiger partial charge in [0, 0.05) is 18.5 Å². The Morgan fingerprint density at radius 1 is 1.12 bits per heavy atom. The van der Waals surface area contributed by atoms with Gasteiger partial charge in [-0.05, 0) is 33.8 Å². The van der Waals surface area contributed by atoms with E-state index in [4.69, 9.17) is 13.5 Å². The number of nitrogens with zero attached hydrogens (tertiary/aromatic N) is 1. The molecular weight excluding hydrogens is 341 g/mol. The van der Waals surface area contributed by atoms with Gasteiger partial charge in [-0.25, -0.2) is 0 Å². The van der Waals surface area contributed by atoms with Crippen LogP contribution in [-0.4, -0.2) is 37.1 Å². The molecule has 0 aromatic carbocycles. The number of amides is 1. The molecule has 0 atom stereocenters. The Morgan fingerprint density at radius 3 is 2.04 bits per heavy atom. The third-order valence-corrected chi connectivity index (χ3v) is 5.80. The molecule has 0 aliphatic heterocycles.